The number of nitrogens with one attached hydrogen (secondary N) is 1. The van der Waals surface area contributed by atoms with Crippen LogP contribution in [0.15, 0.2) is 18.2 Å². The molecule has 3 rings (SSSR count). The van der Waals surface area contributed by atoms with Gasteiger partial charge in [0, 0.05) is 19.6 Å². The van der Waals surface area contributed by atoms with Gasteiger partial charge in [0.2, 0.25) is 0 Å². The summed E-state index contributed by atoms with van der Waals surface area (Å²) < 4.78 is 34.0. The third-order valence-electron chi connectivity index (χ3n) is 4.13. The molecule has 0 aliphatic carbocycles. The lowest BCUT2D eigenvalue weighted by Gasteiger charge is -2.24. The summed E-state index contributed by atoms with van der Waals surface area (Å²) in [6.45, 7) is 1.40. The first kappa shape index (κ1) is 15.9. The molecular formula is C15H20N2O5S. The quantitative estimate of drug-likeness (QED) is 0.879. The Morgan fingerprint density at radius 1 is 1.30 bits per heavy atom. The van der Waals surface area contributed by atoms with E-state index in [0.717, 1.165) is 5.56 Å². The largest absolute Gasteiger partial charge is 0.486 e. The number of carbonyl (C=O) groups is 1. The van der Waals surface area contributed by atoms with Gasteiger partial charge in [-0.15, -0.1) is 0 Å². The van der Waals surface area contributed by atoms with E-state index in [1.165, 1.54) is 4.90 Å². The van der Waals surface area contributed by atoms with E-state index >= 15 is 0 Å². The molecule has 1 unspecified atom stereocenters. The zero-order valence-electron chi connectivity index (χ0n) is 12.9. The van der Waals surface area contributed by atoms with E-state index in [1.54, 1.807) is 7.05 Å². The minimum atomic E-state index is -3.00. The molecule has 1 saturated heterocycles. The average Bonchev–Trinajstić information content (AvgIpc) is 2.91. The van der Waals surface area contributed by atoms with Gasteiger partial charge in [0.15, 0.2) is 21.3 Å². The van der Waals surface area contributed by atoms with Crippen molar-refractivity contribution in [2.75, 3.05) is 31.8 Å². The number of benzene rings is 1. The number of urea groups is 1. The monoisotopic (exact) mass is 340 g/mol. The third kappa shape index (κ3) is 3.69. The average molecular weight is 340 g/mol. The van der Waals surface area contributed by atoms with E-state index in [4.69, 9.17) is 9.47 Å². The highest BCUT2D eigenvalue weighted by atomic mass is 32.2. The van der Waals surface area contributed by atoms with E-state index in [0.29, 0.717) is 37.7 Å². The van der Waals surface area contributed by atoms with Gasteiger partial charge in [-0.3, -0.25) is 0 Å². The van der Waals surface area contributed by atoms with Gasteiger partial charge in [-0.25, -0.2) is 13.2 Å². The lowest BCUT2D eigenvalue weighted by atomic mass is 10.2. The summed E-state index contributed by atoms with van der Waals surface area (Å²) in [6.07, 6.45) is 0.496. The fraction of sp³-hybridized carbons (Fsp3) is 0.533. The first-order valence-corrected chi connectivity index (χ1v) is 9.36. The van der Waals surface area contributed by atoms with Gasteiger partial charge < -0.3 is 19.7 Å². The Kier molecular flexibility index (Phi) is 4.34. The van der Waals surface area contributed by atoms with Gasteiger partial charge in [0.1, 0.15) is 13.2 Å². The highest BCUT2D eigenvalue weighted by Crippen LogP contribution is 2.30. The molecule has 0 bridgehead atoms. The minimum absolute atomic E-state index is 0.0426. The molecule has 23 heavy (non-hydrogen) atoms. The summed E-state index contributed by atoms with van der Waals surface area (Å²) in [7, 11) is -1.37. The van der Waals surface area contributed by atoms with Crippen molar-refractivity contribution in [3.8, 4) is 11.5 Å². The first-order chi connectivity index (χ1) is 10.9. The highest BCUT2D eigenvalue weighted by molar-refractivity contribution is 7.91. The number of hydrogen-bond donors (Lipinski definition) is 1. The fourth-order valence-corrected chi connectivity index (χ4v) is 4.52. The fourth-order valence-electron chi connectivity index (χ4n) is 2.75. The van der Waals surface area contributed by atoms with Crippen LogP contribution in [0, 0.1) is 0 Å². The van der Waals surface area contributed by atoms with Crippen molar-refractivity contribution in [2.24, 2.45) is 0 Å². The number of amides is 2. The third-order valence-corrected chi connectivity index (χ3v) is 5.88. The summed E-state index contributed by atoms with van der Waals surface area (Å²) in [5.41, 5.74) is 0.898. The molecule has 2 heterocycles. The topological polar surface area (TPSA) is 84.9 Å². The molecule has 0 aromatic heterocycles. The van der Waals surface area contributed by atoms with Crippen LogP contribution in [0.25, 0.3) is 0 Å². The zero-order chi connectivity index (χ0) is 16.4. The molecule has 1 fully saturated rings. The highest BCUT2D eigenvalue weighted by Gasteiger charge is 2.32. The second kappa shape index (κ2) is 6.27. The summed E-state index contributed by atoms with van der Waals surface area (Å²) >= 11 is 0. The number of rotatable bonds is 3. The molecule has 2 aliphatic rings. The van der Waals surface area contributed by atoms with Crippen molar-refractivity contribution in [3.63, 3.8) is 0 Å². The lowest BCUT2D eigenvalue weighted by Crippen LogP contribution is -2.43. The van der Waals surface area contributed by atoms with Crippen LogP contribution < -0.4 is 14.8 Å². The number of hydrogen-bond acceptors (Lipinski definition) is 5. The van der Waals surface area contributed by atoms with E-state index in [1.807, 2.05) is 18.2 Å². The zero-order valence-corrected chi connectivity index (χ0v) is 13.8. The maximum Gasteiger partial charge on any atom is 0.317 e. The Labute approximate surface area is 135 Å². The summed E-state index contributed by atoms with van der Waals surface area (Å²) in [5.74, 6) is 1.58. The summed E-state index contributed by atoms with van der Waals surface area (Å²) in [5, 5.41) is 2.81. The predicted octanol–water partition coefficient (Wildman–Crippen LogP) is 0.786. The molecule has 0 saturated carbocycles. The molecular weight excluding hydrogens is 320 g/mol. The van der Waals surface area contributed by atoms with Crippen molar-refractivity contribution < 1.29 is 22.7 Å². The number of fused-ring (bicyclic) bond motifs is 1. The summed E-state index contributed by atoms with van der Waals surface area (Å²) in [4.78, 5) is 13.6. The number of sulfone groups is 1. The molecule has 8 heteroatoms. The van der Waals surface area contributed by atoms with Gasteiger partial charge in [0.05, 0.1) is 11.5 Å². The van der Waals surface area contributed by atoms with Gasteiger partial charge in [-0.05, 0) is 24.1 Å². The van der Waals surface area contributed by atoms with E-state index in [2.05, 4.69) is 5.32 Å². The molecule has 7 nitrogen and oxygen atoms in total. The van der Waals surface area contributed by atoms with Gasteiger partial charge in [-0.1, -0.05) is 6.07 Å². The van der Waals surface area contributed by atoms with Crippen molar-refractivity contribution >= 4 is 15.9 Å². The molecule has 0 spiro atoms. The number of nitrogens with zero attached hydrogens (tertiary/aromatic N) is 1. The predicted molar refractivity (Wildman–Crippen MR) is 84.5 cm³/mol. The molecule has 2 aliphatic heterocycles. The van der Waals surface area contributed by atoms with Crippen molar-refractivity contribution in [1.29, 1.82) is 0 Å². The Bertz CT molecular complexity index is 704. The van der Waals surface area contributed by atoms with Crippen LogP contribution in [0.4, 0.5) is 4.79 Å². The van der Waals surface area contributed by atoms with Crippen LogP contribution in [0.2, 0.25) is 0 Å². The van der Waals surface area contributed by atoms with Gasteiger partial charge in [-0.2, -0.15) is 0 Å². The Balaban J connectivity index is 1.56. The van der Waals surface area contributed by atoms with E-state index in [9.17, 15) is 13.2 Å². The normalized spacial score (nSPS) is 21.7. The molecule has 1 aromatic carbocycles. The van der Waals surface area contributed by atoms with Crippen molar-refractivity contribution in [2.45, 2.75) is 19.0 Å². The van der Waals surface area contributed by atoms with E-state index in [-0.39, 0.29) is 23.6 Å². The molecule has 1 N–H and O–H groups in total. The van der Waals surface area contributed by atoms with Crippen LogP contribution >= 0.6 is 0 Å². The second-order valence-electron chi connectivity index (χ2n) is 5.80. The lowest BCUT2D eigenvalue weighted by molar-refractivity contribution is 0.171. The minimum Gasteiger partial charge on any atom is -0.486 e. The van der Waals surface area contributed by atoms with Crippen molar-refractivity contribution in [3.05, 3.63) is 23.8 Å². The molecule has 126 valence electrons. The first-order valence-electron chi connectivity index (χ1n) is 7.54. The van der Waals surface area contributed by atoms with Crippen LogP contribution in [0.1, 0.15) is 12.0 Å². The van der Waals surface area contributed by atoms with Crippen LogP contribution in [0.5, 0.6) is 11.5 Å². The SMILES string of the molecule is CN(C(=O)NCc1ccc2c(c1)OCCO2)C1CCS(=O)(=O)C1. The van der Waals surface area contributed by atoms with Crippen LogP contribution in [0.3, 0.4) is 0 Å². The maximum atomic E-state index is 12.2. The van der Waals surface area contributed by atoms with Gasteiger partial charge >= 0.3 is 6.03 Å². The molecule has 0 radical (unpaired) electrons. The number of ether oxygens (including phenoxy) is 2. The molecule has 1 aromatic rings. The van der Waals surface area contributed by atoms with Crippen molar-refractivity contribution in [1.82, 2.24) is 10.2 Å². The Hall–Kier alpha value is -1.96. The van der Waals surface area contributed by atoms with Crippen LogP contribution in [-0.2, 0) is 16.4 Å². The second-order valence-corrected chi connectivity index (χ2v) is 8.03. The smallest absolute Gasteiger partial charge is 0.317 e. The van der Waals surface area contributed by atoms with Gasteiger partial charge in [0.25, 0.3) is 0 Å². The van der Waals surface area contributed by atoms with E-state index < -0.39 is 9.84 Å². The van der Waals surface area contributed by atoms with Crippen LogP contribution in [-0.4, -0.2) is 57.2 Å². The Morgan fingerprint density at radius 3 is 2.74 bits per heavy atom. The standard InChI is InChI=1S/C15H20N2O5S/c1-17(12-4-7-23(19,20)10-12)15(18)16-9-11-2-3-13-14(8-11)22-6-5-21-13/h2-3,8,12H,4-7,9-10H2,1H3,(H,16,18). The maximum absolute atomic E-state index is 12.2. The molecule has 1 atom stereocenters. The molecule has 2 amide bonds. The summed E-state index contributed by atoms with van der Waals surface area (Å²) in [6, 6.07) is 5.01. The Morgan fingerprint density at radius 2 is 2.04 bits per heavy atom. The number of carbonyl (C=O) groups excluding carboxylic acids is 1.